The van der Waals surface area contributed by atoms with Gasteiger partial charge in [0.05, 0.1) is 28.2 Å². The third-order valence-electron chi connectivity index (χ3n) is 3.37. The van der Waals surface area contributed by atoms with E-state index in [1.807, 2.05) is 0 Å². The van der Waals surface area contributed by atoms with Crippen molar-refractivity contribution in [1.29, 1.82) is 0 Å². The largest absolute Gasteiger partial charge is 0.495 e. The first-order valence-corrected chi connectivity index (χ1v) is 8.39. The van der Waals surface area contributed by atoms with Gasteiger partial charge in [-0.15, -0.1) is 0 Å². The van der Waals surface area contributed by atoms with E-state index in [2.05, 4.69) is 4.98 Å². The zero-order chi connectivity index (χ0) is 16.8. The molecule has 2 aromatic carbocycles. The zero-order valence-corrected chi connectivity index (χ0v) is 13.6. The Morgan fingerprint density at radius 1 is 1.26 bits per heavy atom. The predicted octanol–water partition coefficient (Wildman–Crippen LogP) is 1.92. The number of hydrogen-bond donors (Lipinski definition) is 2. The highest BCUT2D eigenvalue weighted by Gasteiger charge is 2.19. The smallest absolute Gasteiger partial charge is 0.238 e. The normalized spacial score (nSPS) is 11.8. The number of sulfonamides is 1. The van der Waals surface area contributed by atoms with Crippen LogP contribution in [0, 0.1) is 0 Å². The Bertz CT molecular complexity index is 1010. The van der Waals surface area contributed by atoms with Crippen molar-refractivity contribution < 1.29 is 13.2 Å². The number of nitrogen functional groups attached to an aromatic ring is 1. The number of nitrogens with zero attached hydrogens (tertiary/aromatic N) is 2. The first-order chi connectivity index (χ1) is 10.8. The molecular weight excluding hydrogens is 340 g/mol. The highest BCUT2D eigenvalue weighted by atomic mass is 35.5. The van der Waals surface area contributed by atoms with Crippen molar-refractivity contribution in [2.75, 3.05) is 12.8 Å². The van der Waals surface area contributed by atoms with E-state index < -0.39 is 10.0 Å². The Hall–Kier alpha value is -2.29. The van der Waals surface area contributed by atoms with E-state index in [9.17, 15) is 8.42 Å². The average Bonchev–Trinajstić information content (AvgIpc) is 2.83. The lowest BCUT2D eigenvalue weighted by Gasteiger charge is -2.11. The van der Waals surface area contributed by atoms with Crippen LogP contribution in [0.5, 0.6) is 5.75 Å². The summed E-state index contributed by atoms with van der Waals surface area (Å²) in [4.78, 5) is 4.09. The lowest BCUT2D eigenvalue weighted by molar-refractivity contribution is 0.413. The molecule has 9 heteroatoms. The summed E-state index contributed by atoms with van der Waals surface area (Å²) in [5.74, 6) is 0.702. The maximum absolute atomic E-state index is 11.6. The van der Waals surface area contributed by atoms with Crippen LogP contribution in [0.4, 0.5) is 5.95 Å². The van der Waals surface area contributed by atoms with Crippen LogP contribution in [0.1, 0.15) is 0 Å². The first kappa shape index (κ1) is 15.6. The second-order valence-corrected chi connectivity index (χ2v) is 6.76. The van der Waals surface area contributed by atoms with Crippen molar-refractivity contribution in [3.63, 3.8) is 0 Å². The van der Waals surface area contributed by atoms with E-state index in [-0.39, 0.29) is 15.9 Å². The minimum atomic E-state index is -3.92. The average molecular weight is 353 g/mol. The van der Waals surface area contributed by atoms with Crippen molar-refractivity contribution >= 4 is 38.6 Å². The van der Waals surface area contributed by atoms with E-state index in [1.54, 1.807) is 28.8 Å². The molecule has 1 heterocycles. The van der Waals surface area contributed by atoms with Gasteiger partial charge < -0.3 is 10.5 Å². The summed E-state index contributed by atoms with van der Waals surface area (Å²) in [5.41, 5.74) is 7.40. The number of primary sulfonamides is 1. The van der Waals surface area contributed by atoms with Gasteiger partial charge in [-0.2, -0.15) is 0 Å². The lowest BCUT2D eigenvalue weighted by atomic mass is 10.2. The van der Waals surface area contributed by atoms with Gasteiger partial charge in [-0.25, -0.2) is 18.5 Å². The fraction of sp³-hybridized carbons (Fsp3) is 0.0714. The number of rotatable bonds is 3. The summed E-state index contributed by atoms with van der Waals surface area (Å²) in [6.45, 7) is 0. The molecule has 3 rings (SSSR count). The quantitative estimate of drug-likeness (QED) is 0.747. The van der Waals surface area contributed by atoms with Crippen LogP contribution in [-0.4, -0.2) is 25.1 Å². The van der Waals surface area contributed by atoms with E-state index >= 15 is 0 Å². The number of methoxy groups -OCH3 is 1. The molecule has 0 radical (unpaired) electrons. The van der Waals surface area contributed by atoms with Crippen molar-refractivity contribution in [3.05, 3.63) is 41.4 Å². The van der Waals surface area contributed by atoms with Crippen molar-refractivity contribution in [2.45, 2.75) is 4.90 Å². The number of aromatic nitrogens is 2. The van der Waals surface area contributed by atoms with E-state index in [0.29, 0.717) is 22.5 Å². The van der Waals surface area contributed by atoms with Crippen molar-refractivity contribution in [1.82, 2.24) is 9.55 Å². The number of anilines is 1. The minimum absolute atomic E-state index is 0.119. The maximum atomic E-state index is 11.6. The number of halogens is 1. The number of para-hydroxylation sites is 2. The van der Waals surface area contributed by atoms with Gasteiger partial charge in [0.25, 0.3) is 0 Å². The molecule has 0 unspecified atom stereocenters. The third kappa shape index (κ3) is 2.61. The van der Waals surface area contributed by atoms with E-state index in [0.717, 1.165) is 0 Å². The predicted molar refractivity (Wildman–Crippen MR) is 88.4 cm³/mol. The van der Waals surface area contributed by atoms with Crippen LogP contribution in [0.15, 0.2) is 41.3 Å². The molecule has 1 aromatic heterocycles. The fourth-order valence-electron chi connectivity index (χ4n) is 2.36. The van der Waals surface area contributed by atoms with Crippen LogP contribution >= 0.6 is 11.6 Å². The summed E-state index contributed by atoms with van der Waals surface area (Å²) in [6, 6.07) is 9.76. The standard InChI is InChI=1S/C14H13ClN4O3S/c1-22-12-5-3-2-4-10(12)19-11-7-8(23(17,20)21)6-9(15)13(11)18-14(19)16/h2-7H,1H3,(H2,16,18)(H2,17,20,21). The molecule has 7 nitrogen and oxygen atoms in total. The van der Waals surface area contributed by atoms with Gasteiger partial charge in [0.15, 0.2) is 0 Å². The zero-order valence-electron chi connectivity index (χ0n) is 12.0. The van der Waals surface area contributed by atoms with E-state index in [1.165, 1.54) is 19.2 Å². The summed E-state index contributed by atoms with van der Waals surface area (Å²) in [6.07, 6.45) is 0. The SMILES string of the molecule is COc1ccccc1-n1c(N)nc2c(Cl)cc(S(N)(=O)=O)cc21. The molecule has 3 aromatic rings. The maximum Gasteiger partial charge on any atom is 0.238 e. The lowest BCUT2D eigenvalue weighted by Crippen LogP contribution is -2.12. The molecule has 0 aliphatic heterocycles. The highest BCUT2D eigenvalue weighted by molar-refractivity contribution is 7.89. The van der Waals surface area contributed by atoms with Crippen LogP contribution in [0.2, 0.25) is 5.02 Å². The summed E-state index contributed by atoms with van der Waals surface area (Å²) < 4.78 is 30.2. The molecule has 0 atom stereocenters. The highest BCUT2D eigenvalue weighted by Crippen LogP contribution is 2.33. The third-order valence-corrected chi connectivity index (χ3v) is 4.55. The second-order valence-electron chi connectivity index (χ2n) is 4.80. The monoisotopic (exact) mass is 352 g/mol. The number of nitrogens with two attached hydrogens (primary N) is 2. The number of fused-ring (bicyclic) bond motifs is 1. The van der Waals surface area contributed by atoms with Gasteiger partial charge in [-0.05, 0) is 24.3 Å². The van der Waals surface area contributed by atoms with E-state index in [4.69, 9.17) is 27.2 Å². The van der Waals surface area contributed by atoms with Crippen molar-refractivity contribution in [2.24, 2.45) is 5.14 Å². The van der Waals surface area contributed by atoms with Crippen LogP contribution in [-0.2, 0) is 10.0 Å². The Morgan fingerprint density at radius 3 is 2.61 bits per heavy atom. The van der Waals surface area contributed by atoms with Gasteiger partial charge in [-0.1, -0.05) is 23.7 Å². The molecule has 0 spiro atoms. The van der Waals surface area contributed by atoms with Gasteiger partial charge in [0.2, 0.25) is 16.0 Å². The van der Waals surface area contributed by atoms with Gasteiger partial charge in [0, 0.05) is 0 Å². The van der Waals surface area contributed by atoms with Crippen LogP contribution in [0.25, 0.3) is 16.7 Å². The Balaban J connectivity index is 2.42. The Kier molecular flexibility index (Phi) is 3.67. The molecular formula is C14H13ClN4O3S. The molecule has 0 aliphatic carbocycles. The van der Waals surface area contributed by atoms with Crippen molar-refractivity contribution in [3.8, 4) is 11.4 Å². The number of hydrogen-bond acceptors (Lipinski definition) is 5. The molecule has 0 aliphatic rings. The van der Waals surface area contributed by atoms with Crippen LogP contribution < -0.4 is 15.6 Å². The Labute approximate surface area is 137 Å². The molecule has 23 heavy (non-hydrogen) atoms. The number of benzene rings is 2. The number of imidazole rings is 1. The molecule has 0 fully saturated rings. The minimum Gasteiger partial charge on any atom is -0.495 e. The molecule has 0 amide bonds. The Morgan fingerprint density at radius 2 is 1.96 bits per heavy atom. The topological polar surface area (TPSA) is 113 Å². The molecule has 0 saturated heterocycles. The van der Waals surface area contributed by atoms with Gasteiger partial charge in [0.1, 0.15) is 11.3 Å². The summed E-state index contributed by atoms with van der Waals surface area (Å²) in [7, 11) is -2.40. The summed E-state index contributed by atoms with van der Waals surface area (Å²) in [5, 5.41) is 5.34. The molecule has 120 valence electrons. The molecule has 0 bridgehead atoms. The van der Waals surface area contributed by atoms with Crippen LogP contribution in [0.3, 0.4) is 0 Å². The molecule has 0 saturated carbocycles. The first-order valence-electron chi connectivity index (χ1n) is 6.46. The molecule has 4 N–H and O–H groups in total. The fourth-order valence-corrected chi connectivity index (χ4v) is 3.24. The van der Waals surface area contributed by atoms with Gasteiger partial charge in [-0.3, -0.25) is 4.57 Å². The number of ether oxygens (including phenoxy) is 1. The summed E-state index contributed by atoms with van der Waals surface area (Å²) >= 11 is 6.13. The van der Waals surface area contributed by atoms with Gasteiger partial charge >= 0.3 is 0 Å². The second kappa shape index (κ2) is 5.41.